The summed E-state index contributed by atoms with van der Waals surface area (Å²) in [5.41, 5.74) is 1.80. The Kier molecular flexibility index (Phi) is 4.86. The van der Waals surface area contributed by atoms with Crippen LogP contribution in [0.3, 0.4) is 0 Å². The first kappa shape index (κ1) is 18.7. The highest BCUT2D eigenvalue weighted by Gasteiger charge is 2.39. The molecule has 2 aromatic rings. The highest BCUT2D eigenvalue weighted by atomic mass is 32.2. The summed E-state index contributed by atoms with van der Waals surface area (Å²) in [6.45, 7) is 4.00. The van der Waals surface area contributed by atoms with E-state index >= 15 is 0 Å². The fourth-order valence-electron chi connectivity index (χ4n) is 3.72. The SMILES string of the molecule is CCC(NS(=O)(=O)c1ccc2c(c1)CC(C)N2C(=O)C1CC1)c1cccs1. The number of fused-ring (bicyclic) bond motifs is 1. The summed E-state index contributed by atoms with van der Waals surface area (Å²) >= 11 is 1.55. The average molecular weight is 405 g/mol. The van der Waals surface area contributed by atoms with Crippen molar-refractivity contribution in [2.75, 3.05) is 4.90 Å². The van der Waals surface area contributed by atoms with Gasteiger partial charge in [-0.05, 0) is 67.8 Å². The Morgan fingerprint density at radius 2 is 2.11 bits per heavy atom. The predicted octanol–water partition coefficient (Wildman–Crippen LogP) is 3.87. The molecule has 2 unspecified atom stereocenters. The number of rotatable bonds is 6. The maximum Gasteiger partial charge on any atom is 0.241 e. The highest BCUT2D eigenvalue weighted by Crippen LogP contribution is 2.39. The number of amides is 1. The number of thiophene rings is 1. The van der Waals surface area contributed by atoms with Crippen LogP contribution >= 0.6 is 11.3 Å². The van der Waals surface area contributed by atoms with Gasteiger partial charge in [0.1, 0.15) is 0 Å². The molecule has 1 aromatic heterocycles. The molecule has 2 atom stereocenters. The topological polar surface area (TPSA) is 66.5 Å². The maximum atomic E-state index is 12.9. The molecule has 1 saturated carbocycles. The number of carbonyl (C=O) groups is 1. The van der Waals surface area contributed by atoms with E-state index in [1.165, 1.54) is 0 Å². The zero-order valence-electron chi connectivity index (χ0n) is 15.5. The zero-order chi connectivity index (χ0) is 19.2. The van der Waals surface area contributed by atoms with Gasteiger partial charge in [0, 0.05) is 22.5 Å². The average Bonchev–Trinajstić information content (AvgIpc) is 3.24. The third kappa shape index (κ3) is 3.56. The lowest BCUT2D eigenvalue weighted by molar-refractivity contribution is -0.120. The number of sulfonamides is 1. The van der Waals surface area contributed by atoms with Crippen molar-refractivity contribution in [3.63, 3.8) is 0 Å². The van der Waals surface area contributed by atoms with Gasteiger partial charge in [-0.1, -0.05) is 13.0 Å². The van der Waals surface area contributed by atoms with E-state index < -0.39 is 10.0 Å². The molecule has 0 saturated heterocycles. The third-order valence-electron chi connectivity index (χ3n) is 5.33. The van der Waals surface area contributed by atoms with Crippen LogP contribution < -0.4 is 9.62 Å². The second kappa shape index (κ2) is 7.04. The maximum absolute atomic E-state index is 12.9. The minimum atomic E-state index is -3.63. The number of nitrogens with zero attached hydrogens (tertiary/aromatic N) is 1. The summed E-state index contributed by atoms with van der Waals surface area (Å²) in [6, 6.07) is 8.87. The Hall–Kier alpha value is -1.70. The fraction of sp³-hybridized carbons (Fsp3) is 0.450. The highest BCUT2D eigenvalue weighted by molar-refractivity contribution is 7.89. The van der Waals surface area contributed by atoms with Crippen molar-refractivity contribution in [2.24, 2.45) is 5.92 Å². The molecule has 1 N–H and O–H groups in total. The molecule has 4 rings (SSSR count). The number of nitrogens with one attached hydrogen (secondary N) is 1. The Labute approximate surface area is 164 Å². The van der Waals surface area contributed by atoms with Crippen LogP contribution in [0.1, 0.15) is 49.6 Å². The van der Waals surface area contributed by atoms with E-state index in [9.17, 15) is 13.2 Å². The van der Waals surface area contributed by atoms with Crippen LogP contribution in [0.25, 0.3) is 0 Å². The monoisotopic (exact) mass is 404 g/mol. The fourth-order valence-corrected chi connectivity index (χ4v) is 6.01. The van der Waals surface area contributed by atoms with Crippen molar-refractivity contribution >= 4 is 33.0 Å². The van der Waals surface area contributed by atoms with E-state index in [4.69, 9.17) is 0 Å². The van der Waals surface area contributed by atoms with E-state index in [2.05, 4.69) is 4.72 Å². The molecule has 0 radical (unpaired) electrons. The lowest BCUT2D eigenvalue weighted by atomic mass is 10.1. The van der Waals surface area contributed by atoms with Crippen LogP contribution in [0.2, 0.25) is 0 Å². The Morgan fingerprint density at radius 3 is 2.74 bits per heavy atom. The van der Waals surface area contributed by atoms with Gasteiger partial charge < -0.3 is 4.90 Å². The van der Waals surface area contributed by atoms with Crippen molar-refractivity contribution in [3.8, 4) is 0 Å². The van der Waals surface area contributed by atoms with E-state index in [1.807, 2.05) is 36.3 Å². The first-order valence-electron chi connectivity index (χ1n) is 9.42. The number of anilines is 1. The molecule has 5 nitrogen and oxygen atoms in total. The molecular weight excluding hydrogens is 380 g/mol. The smallest absolute Gasteiger partial charge is 0.241 e. The van der Waals surface area contributed by atoms with Gasteiger partial charge in [0.15, 0.2) is 0 Å². The Balaban J connectivity index is 1.60. The summed E-state index contributed by atoms with van der Waals surface area (Å²) in [5.74, 6) is 0.332. The zero-order valence-corrected chi connectivity index (χ0v) is 17.1. The summed E-state index contributed by atoms with van der Waals surface area (Å²) in [6.07, 6.45) is 3.31. The minimum absolute atomic E-state index is 0.0773. The standard InChI is InChI=1S/C20H24N2O3S2/c1-3-17(19-5-4-10-26-19)21-27(24,25)16-8-9-18-15(12-16)11-13(2)22(18)20(23)14-6-7-14/h4-5,8-10,12-14,17,21H,3,6-7,11H2,1-2H3. The van der Waals surface area contributed by atoms with E-state index in [0.29, 0.717) is 12.8 Å². The Bertz CT molecular complexity index is 950. The first-order chi connectivity index (χ1) is 12.9. The molecular formula is C20H24N2O3S2. The van der Waals surface area contributed by atoms with Crippen LogP contribution in [-0.4, -0.2) is 20.4 Å². The molecule has 1 fully saturated rings. The van der Waals surface area contributed by atoms with Crippen LogP contribution in [0.15, 0.2) is 40.6 Å². The largest absolute Gasteiger partial charge is 0.309 e. The number of hydrogen-bond acceptors (Lipinski definition) is 4. The Morgan fingerprint density at radius 1 is 1.33 bits per heavy atom. The minimum Gasteiger partial charge on any atom is -0.309 e. The van der Waals surface area contributed by atoms with E-state index in [-0.39, 0.29) is 28.8 Å². The van der Waals surface area contributed by atoms with Gasteiger partial charge in [-0.2, -0.15) is 0 Å². The first-order valence-corrected chi connectivity index (χ1v) is 11.8. The van der Waals surface area contributed by atoms with Crippen molar-refractivity contribution in [1.29, 1.82) is 0 Å². The lowest BCUT2D eigenvalue weighted by Crippen LogP contribution is -2.36. The van der Waals surface area contributed by atoms with Crippen LogP contribution in [-0.2, 0) is 21.2 Å². The quantitative estimate of drug-likeness (QED) is 0.795. The molecule has 0 bridgehead atoms. The molecule has 0 spiro atoms. The van der Waals surface area contributed by atoms with Crippen molar-refractivity contribution < 1.29 is 13.2 Å². The third-order valence-corrected chi connectivity index (χ3v) is 7.79. The van der Waals surface area contributed by atoms with Gasteiger partial charge in [0.05, 0.1) is 10.9 Å². The normalized spacial score (nSPS) is 20.5. The van der Waals surface area contributed by atoms with Crippen LogP contribution in [0.4, 0.5) is 5.69 Å². The van der Waals surface area contributed by atoms with Gasteiger partial charge in [0.25, 0.3) is 0 Å². The molecule has 1 aliphatic heterocycles. The van der Waals surface area contributed by atoms with Gasteiger partial charge in [-0.3, -0.25) is 4.79 Å². The van der Waals surface area contributed by atoms with Crippen LogP contribution in [0.5, 0.6) is 0 Å². The number of hydrogen-bond donors (Lipinski definition) is 1. The van der Waals surface area contributed by atoms with Gasteiger partial charge >= 0.3 is 0 Å². The summed E-state index contributed by atoms with van der Waals surface area (Å²) in [4.78, 5) is 15.7. The number of carbonyl (C=O) groups excluding carboxylic acids is 1. The molecule has 2 aliphatic rings. The summed E-state index contributed by atoms with van der Waals surface area (Å²) in [7, 11) is -3.63. The van der Waals surface area contributed by atoms with Crippen LogP contribution in [0, 0.1) is 5.92 Å². The summed E-state index contributed by atoms with van der Waals surface area (Å²) in [5, 5.41) is 1.95. The molecule has 144 valence electrons. The second-order valence-corrected chi connectivity index (χ2v) is 10.1. The van der Waals surface area contributed by atoms with E-state index in [1.54, 1.807) is 29.5 Å². The van der Waals surface area contributed by atoms with Gasteiger partial charge in [-0.25, -0.2) is 13.1 Å². The molecule has 1 aliphatic carbocycles. The van der Waals surface area contributed by atoms with Gasteiger partial charge in [0.2, 0.25) is 15.9 Å². The van der Waals surface area contributed by atoms with Gasteiger partial charge in [-0.15, -0.1) is 11.3 Å². The van der Waals surface area contributed by atoms with E-state index in [0.717, 1.165) is 29.0 Å². The van der Waals surface area contributed by atoms with Crippen molar-refractivity contribution in [2.45, 2.75) is 56.5 Å². The predicted molar refractivity (Wildman–Crippen MR) is 107 cm³/mol. The second-order valence-electron chi connectivity index (χ2n) is 7.42. The van der Waals surface area contributed by atoms with Crippen molar-refractivity contribution in [3.05, 3.63) is 46.2 Å². The lowest BCUT2D eigenvalue weighted by Gasteiger charge is -2.22. The summed E-state index contributed by atoms with van der Waals surface area (Å²) < 4.78 is 28.7. The molecule has 2 heterocycles. The molecule has 1 amide bonds. The number of benzene rings is 1. The molecule has 7 heteroatoms. The molecule has 27 heavy (non-hydrogen) atoms. The van der Waals surface area contributed by atoms with Crippen molar-refractivity contribution in [1.82, 2.24) is 4.72 Å². The molecule has 1 aromatic carbocycles.